The van der Waals surface area contributed by atoms with Crippen LogP contribution in [0.15, 0.2) is 30.3 Å². The summed E-state index contributed by atoms with van der Waals surface area (Å²) in [6, 6.07) is 11.0. The second-order valence-corrected chi connectivity index (χ2v) is 6.70. The molecular weight excluding hydrogens is 262 g/mol. The van der Waals surface area contributed by atoms with Crippen molar-refractivity contribution in [3.05, 3.63) is 35.9 Å². The largest absolute Gasteiger partial charge is 0.395 e. The fourth-order valence-corrected chi connectivity index (χ4v) is 4.20. The Morgan fingerprint density at radius 3 is 2.43 bits per heavy atom. The first-order chi connectivity index (χ1) is 10.2. The zero-order chi connectivity index (χ0) is 14.8. The van der Waals surface area contributed by atoms with Crippen LogP contribution in [0.1, 0.15) is 43.6 Å². The number of carbonyl (C=O) groups excluding carboxylic acids is 1. The molecule has 3 heteroatoms. The molecule has 114 valence electrons. The Morgan fingerprint density at radius 1 is 1.24 bits per heavy atom. The number of hydrogen-bond acceptors (Lipinski definition) is 3. The molecule has 0 spiro atoms. The summed E-state index contributed by atoms with van der Waals surface area (Å²) in [4.78, 5) is 15.1. The van der Waals surface area contributed by atoms with Crippen molar-refractivity contribution in [2.75, 3.05) is 13.7 Å². The first-order valence-electron chi connectivity index (χ1n) is 8.09. The summed E-state index contributed by atoms with van der Waals surface area (Å²) in [7, 11) is 2.22. The van der Waals surface area contributed by atoms with Crippen LogP contribution < -0.4 is 0 Å². The van der Waals surface area contributed by atoms with Crippen molar-refractivity contribution >= 4 is 5.78 Å². The van der Waals surface area contributed by atoms with Gasteiger partial charge in [-0.05, 0) is 44.2 Å². The molecule has 2 heterocycles. The molecule has 0 amide bonds. The van der Waals surface area contributed by atoms with Crippen molar-refractivity contribution in [1.29, 1.82) is 0 Å². The van der Waals surface area contributed by atoms with Crippen LogP contribution in [0.25, 0.3) is 0 Å². The van der Waals surface area contributed by atoms with Gasteiger partial charge in [-0.25, -0.2) is 0 Å². The van der Waals surface area contributed by atoms with Gasteiger partial charge in [-0.1, -0.05) is 30.3 Å². The van der Waals surface area contributed by atoms with Crippen molar-refractivity contribution in [2.24, 2.45) is 5.92 Å². The van der Waals surface area contributed by atoms with Gasteiger partial charge in [0.25, 0.3) is 0 Å². The Balaban J connectivity index is 1.63. The Kier molecular flexibility index (Phi) is 4.41. The lowest BCUT2D eigenvalue weighted by atomic mass is 9.83. The highest BCUT2D eigenvalue weighted by atomic mass is 16.3. The highest BCUT2D eigenvalue weighted by molar-refractivity contribution is 5.86. The minimum atomic E-state index is -0.344. The van der Waals surface area contributed by atoms with Crippen molar-refractivity contribution < 1.29 is 9.90 Å². The van der Waals surface area contributed by atoms with Crippen LogP contribution in [0, 0.1) is 5.92 Å². The van der Waals surface area contributed by atoms with E-state index in [0.29, 0.717) is 24.4 Å². The molecule has 4 atom stereocenters. The fraction of sp³-hybridized carbons (Fsp3) is 0.611. The van der Waals surface area contributed by atoms with Crippen LogP contribution in [0.2, 0.25) is 0 Å². The van der Waals surface area contributed by atoms with Gasteiger partial charge in [-0.15, -0.1) is 0 Å². The lowest BCUT2D eigenvalue weighted by Crippen LogP contribution is -2.40. The first kappa shape index (κ1) is 14.7. The highest BCUT2D eigenvalue weighted by Gasteiger charge is 2.39. The Bertz CT molecular complexity index is 473. The van der Waals surface area contributed by atoms with Crippen LogP contribution in [0.3, 0.4) is 0 Å². The average molecular weight is 287 g/mol. The van der Waals surface area contributed by atoms with Gasteiger partial charge in [-0.3, -0.25) is 4.79 Å². The number of aliphatic hydroxyl groups excluding tert-OH is 1. The van der Waals surface area contributed by atoms with E-state index in [1.165, 1.54) is 12.8 Å². The minimum absolute atomic E-state index is 0.0810. The highest BCUT2D eigenvalue weighted by Crippen LogP contribution is 2.39. The van der Waals surface area contributed by atoms with E-state index in [4.69, 9.17) is 0 Å². The molecule has 1 aromatic rings. The minimum Gasteiger partial charge on any atom is -0.395 e. The summed E-state index contributed by atoms with van der Waals surface area (Å²) in [5.74, 6) is 0.366. The van der Waals surface area contributed by atoms with Gasteiger partial charge in [-0.2, -0.15) is 0 Å². The van der Waals surface area contributed by atoms with Crippen LogP contribution in [0.4, 0.5) is 0 Å². The number of fused-ring (bicyclic) bond motifs is 2. The second-order valence-electron chi connectivity index (χ2n) is 6.70. The number of ketones is 1. The normalized spacial score (nSPS) is 30.3. The summed E-state index contributed by atoms with van der Waals surface area (Å²) in [6.07, 6.45) is 5.49. The maximum atomic E-state index is 12.6. The van der Waals surface area contributed by atoms with Gasteiger partial charge >= 0.3 is 0 Å². The van der Waals surface area contributed by atoms with E-state index >= 15 is 0 Å². The fourth-order valence-electron chi connectivity index (χ4n) is 4.20. The van der Waals surface area contributed by atoms with Crippen molar-refractivity contribution in [3.63, 3.8) is 0 Å². The SMILES string of the molecule is CN1[C@@H]2CC[C@H]1CC(CC(=O)C(CO)c1ccccc1)C2. The van der Waals surface area contributed by atoms with Gasteiger partial charge in [0.1, 0.15) is 5.78 Å². The number of carbonyl (C=O) groups is 1. The van der Waals surface area contributed by atoms with E-state index in [-0.39, 0.29) is 18.3 Å². The van der Waals surface area contributed by atoms with Gasteiger partial charge in [0, 0.05) is 18.5 Å². The molecule has 2 fully saturated rings. The third-order valence-corrected chi connectivity index (χ3v) is 5.46. The van der Waals surface area contributed by atoms with Crippen LogP contribution >= 0.6 is 0 Å². The summed E-state index contributed by atoms with van der Waals surface area (Å²) in [5.41, 5.74) is 0.945. The maximum Gasteiger partial charge on any atom is 0.142 e. The number of benzene rings is 1. The predicted molar refractivity (Wildman–Crippen MR) is 83.2 cm³/mol. The molecule has 2 aliphatic heterocycles. The molecule has 1 N–H and O–H groups in total. The Hall–Kier alpha value is -1.19. The summed E-state index contributed by atoms with van der Waals surface area (Å²) >= 11 is 0. The number of hydrogen-bond donors (Lipinski definition) is 1. The van der Waals surface area contributed by atoms with Gasteiger partial charge < -0.3 is 10.0 Å². The van der Waals surface area contributed by atoms with E-state index in [2.05, 4.69) is 11.9 Å². The number of nitrogens with zero attached hydrogens (tertiary/aromatic N) is 1. The number of Topliss-reactive ketones (excluding diaryl/α,β-unsaturated/α-hetero) is 1. The maximum absolute atomic E-state index is 12.6. The van der Waals surface area contributed by atoms with Crippen LogP contribution in [-0.2, 0) is 4.79 Å². The molecule has 2 saturated heterocycles. The van der Waals surface area contributed by atoms with E-state index in [1.54, 1.807) is 0 Å². The van der Waals surface area contributed by atoms with Crippen LogP contribution in [-0.4, -0.2) is 41.5 Å². The van der Waals surface area contributed by atoms with Gasteiger partial charge in [0.15, 0.2) is 0 Å². The van der Waals surface area contributed by atoms with E-state index in [1.807, 2.05) is 30.3 Å². The number of aliphatic hydroxyl groups is 1. The van der Waals surface area contributed by atoms with E-state index in [0.717, 1.165) is 18.4 Å². The summed E-state index contributed by atoms with van der Waals surface area (Å²) in [5, 5.41) is 9.61. The molecule has 1 aromatic carbocycles. The monoisotopic (exact) mass is 287 g/mol. The number of piperidine rings is 1. The third-order valence-electron chi connectivity index (χ3n) is 5.46. The predicted octanol–water partition coefficient (Wildman–Crippen LogP) is 2.59. The van der Waals surface area contributed by atoms with E-state index in [9.17, 15) is 9.90 Å². The topological polar surface area (TPSA) is 40.5 Å². The molecule has 2 unspecified atom stereocenters. The molecule has 2 aliphatic rings. The smallest absolute Gasteiger partial charge is 0.142 e. The van der Waals surface area contributed by atoms with E-state index < -0.39 is 0 Å². The molecule has 3 nitrogen and oxygen atoms in total. The summed E-state index contributed by atoms with van der Waals surface area (Å²) in [6.45, 7) is -0.0810. The molecule has 0 saturated carbocycles. The van der Waals surface area contributed by atoms with Crippen molar-refractivity contribution in [2.45, 2.75) is 50.1 Å². The zero-order valence-corrected chi connectivity index (χ0v) is 12.7. The number of rotatable bonds is 5. The van der Waals surface area contributed by atoms with Crippen molar-refractivity contribution in [1.82, 2.24) is 4.90 Å². The molecule has 0 aliphatic carbocycles. The third kappa shape index (κ3) is 3.04. The quantitative estimate of drug-likeness (QED) is 0.905. The lowest BCUT2D eigenvalue weighted by molar-refractivity contribution is -0.122. The summed E-state index contributed by atoms with van der Waals surface area (Å²) < 4.78 is 0. The van der Waals surface area contributed by atoms with Gasteiger partial charge in [0.05, 0.1) is 12.5 Å². The zero-order valence-electron chi connectivity index (χ0n) is 12.7. The molecular formula is C18H25NO2. The first-order valence-corrected chi connectivity index (χ1v) is 8.09. The Morgan fingerprint density at radius 2 is 1.86 bits per heavy atom. The van der Waals surface area contributed by atoms with Gasteiger partial charge in [0.2, 0.25) is 0 Å². The Labute approximate surface area is 127 Å². The standard InChI is InChI=1S/C18H25NO2/c1-19-15-7-8-16(19)10-13(9-15)11-18(21)17(12-20)14-5-3-2-4-6-14/h2-6,13,15-17,20H,7-12H2,1H3/t13?,15-,16+,17?. The van der Waals surface area contributed by atoms with Crippen LogP contribution in [0.5, 0.6) is 0 Å². The lowest BCUT2D eigenvalue weighted by Gasteiger charge is -2.36. The molecule has 0 aromatic heterocycles. The molecule has 3 rings (SSSR count). The second kappa shape index (κ2) is 6.29. The average Bonchev–Trinajstić information content (AvgIpc) is 2.72. The molecule has 2 bridgehead atoms. The molecule has 0 radical (unpaired) electrons. The molecule has 21 heavy (non-hydrogen) atoms. The van der Waals surface area contributed by atoms with Crippen molar-refractivity contribution in [3.8, 4) is 0 Å².